The van der Waals surface area contributed by atoms with Gasteiger partial charge in [0.25, 0.3) is 0 Å². The summed E-state index contributed by atoms with van der Waals surface area (Å²) in [6.07, 6.45) is 2.12. The van der Waals surface area contributed by atoms with Crippen LogP contribution in [0.2, 0.25) is 0 Å². The minimum atomic E-state index is 0. The van der Waals surface area contributed by atoms with Crippen LogP contribution in [-0.2, 0) is 9.59 Å². The van der Waals surface area contributed by atoms with Crippen molar-refractivity contribution >= 4 is 24.2 Å². The Bertz CT molecular complexity index is 377. The predicted molar refractivity (Wildman–Crippen MR) is 89.2 cm³/mol. The van der Waals surface area contributed by atoms with Crippen LogP contribution in [0, 0.1) is 0 Å². The Kier molecular flexibility index (Phi) is 8.14. The molecule has 1 atom stereocenters. The van der Waals surface area contributed by atoms with Crippen LogP contribution in [0.3, 0.4) is 0 Å². The van der Waals surface area contributed by atoms with Gasteiger partial charge in [0.2, 0.25) is 11.8 Å². The predicted octanol–water partition coefficient (Wildman–Crippen LogP) is 0.173. The first-order valence-electron chi connectivity index (χ1n) is 8.16. The number of likely N-dealkylation sites (N-methyl/N-ethyl adjacent to an activating group) is 1. The SMILES string of the molecule is CCN(CC)C(=O)CN1CCCC(N2CCNCC2=O)C1.Cl. The van der Waals surface area contributed by atoms with Crippen molar-refractivity contribution in [1.82, 2.24) is 20.0 Å². The molecule has 1 unspecified atom stereocenters. The molecular formula is C15H29ClN4O2. The zero-order valence-corrected chi connectivity index (χ0v) is 14.5. The lowest BCUT2D eigenvalue weighted by Crippen LogP contribution is -2.57. The van der Waals surface area contributed by atoms with Crippen LogP contribution in [0.4, 0.5) is 0 Å². The first-order chi connectivity index (χ1) is 10.2. The van der Waals surface area contributed by atoms with Crippen LogP contribution >= 0.6 is 12.4 Å². The third-order valence-corrected chi connectivity index (χ3v) is 4.52. The number of carbonyl (C=O) groups is 2. The van der Waals surface area contributed by atoms with E-state index in [4.69, 9.17) is 0 Å². The number of carbonyl (C=O) groups excluding carboxylic acids is 2. The van der Waals surface area contributed by atoms with Crippen molar-refractivity contribution < 1.29 is 9.59 Å². The molecule has 0 aromatic heterocycles. The Balaban J connectivity index is 0.00000242. The molecule has 2 rings (SSSR count). The molecule has 2 amide bonds. The third-order valence-electron chi connectivity index (χ3n) is 4.52. The van der Waals surface area contributed by atoms with Gasteiger partial charge in [-0.05, 0) is 33.2 Å². The van der Waals surface area contributed by atoms with Crippen molar-refractivity contribution in [2.45, 2.75) is 32.7 Å². The van der Waals surface area contributed by atoms with E-state index in [2.05, 4.69) is 10.2 Å². The van der Waals surface area contributed by atoms with Gasteiger partial charge >= 0.3 is 0 Å². The lowest BCUT2D eigenvalue weighted by molar-refractivity contribution is -0.136. The average Bonchev–Trinajstić information content (AvgIpc) is 2.49. The van der Waals surface area contributed by atoms with E-state index in [9.17, 15) is 9.59 Å². The zero-order chi connectivity index (χ0) is 15.2. The lowest BCUT2D eigenvalue weighted by Gasteiger charge is -2.41. The van der Waals surface area contributed by atoms with Crippen LogP contribution in [0.25, 0.3) is 0 Å². The second-order valence-corrected chi connectivity index (χ2v) is 5.86. The van der Waals surface area contributed by atoms with Crippen molar-refractivity contribution in [3.63, 3.8) is 0 Å². The molecule has 2 saturated heterocycles. The monoisotopic (exact) mass is 332 g/mol. The summed E-state index contributed by atoms with van der Waals surface area (Å²) < 4.78 is 0. The number of rotatable bonds is 5. The summed E-state index contributed by atoms with van der Waals surface area (Å²) in [5.74, 6) is 0.399. The molecule has 0 aromatic carbocycles. The number of piperazine rings is 1. The van der Waals surface area contributed by atoms with Gasteiger partial charge in [0.15, 0.2) is 0 Å². The van der Waals surface area contributed by atoms with Crippen molar-refractivity contribution in [3.8, 4) is 0 Å². The smallest absolute Gasteiger partial charge is 0.236 e. The molecule has 0 bridgehead atoms. The number of amides is 2. The fourth-order valence-electron chi connectivity index (χ4n) is 3.30. The van der Waals surface area contributed by atoms with Gasteiger partial charge in [-0.25, -0.2) is 0 Å². The largest absolute Gasteiger partial charge is 0.342 e. The number of piperidine rings is 1. The van der Waals surface area contributed by atoms with Gasteiger partial charge < -0.3 is 15.1 Å². The van der Waals surface area contributed by atoms with Gasteiger partial charge in [0.1, 0.15) is 0 Å². The van der Waals surface area contributed by atoms with E-state index in [0.717, 1.165) is 52.1 Å². The molecule has 128 valence electrons. The summed E-state index contributed by atoms with van der Waals surface area (Å²) in [4.78, 5) is 30.3. The normalized spacial score (nSPS) is 23.1. The van der Waals surface area contributed by atoms with Gasteiger partial charge in [-0.3, -0.25) is 14.5 Å². The molecular weight excluding hydrogens is 304 g/mol. The van der Waals surface area contributed by atoms with E-state index in [1.54, 1.807) is 0 Å². The number of nitrogens with one attached hydrogen (secondary N) is 1. The third kappa shape index (κ3) is 4.83. The maximum absolute atomic E-state index is 12.2. The minimum absolute atomic E-state index is 0. The molecule has 1 N–H and O–H groups in total. The van der Waals surface area contributed by atoms with E-state index < -0.39 is 0 Å². The average molecular weight is 333 g/mol. The van der Waals surface area contributed by atoms with Crippen molar-refractivity contribution in [1.29, 1.82) is 0 Å². The highest BCUT2D eigenvalue weighted by Crippen LogP contribution is 2.17. The Morgan fingerprint density at radius 2 is 2.05 bits per heavy atom. The summed E-state index contributed by atoms with van der Waals surface area (Å²) in [5, 5.41) is 3.11. The molecule has 0 radical (unpaired) electrons. The van der Waals surface area contributed by atoms with E-state index in [-0.39, 0.29) is 30.3 Å². The minimum Gasteiger partial charge on any atom is -0.342 e. The molecule has 2 aliphatic heterocycles. The second-order valence-electron chi connectivity index (χ2n) is 5.86. The molecule has 22 heavy (non-hydrogen) atoms. The number of nitrogens with zero attached hydrogens (tertiary/aromatic N) is 3. The molecule has 0 spiro atoms. The lowest BCUT2D eigenvalue weighted by atomic mass is 10.0. The highest BCUT2D eigenvalue weighted by Gasteiger charge is 2.30. The van der Waals surface area contributed by atoms with E-state index in [1.165, 1.54) is 0 Å². The fourth-order valence-corrected chi connectivity index (χ4v) is 3.30. The van der Waals surface area contributed by atoms with Crippen LogP contribution in [-0.4, -0.2) is 84.9 Å². The summed E-state index contributed by atoms with van der Waals surface area (Å²) >= 11 is 0. The number of halogens is 1. The van der Waals surface area contributed by atoms with Crippen molar-refractivity contribution in [2.75, 3.05) is 52.4 Å². The van der Waals surface area contributed by atoms with Crippen LogP contribution in [0.5, 0.6) is 0 Å². The molecule has 6 nitrogen and oxygen atoms in total. The standard InChI is InChI=1S/C15H28N4O2.ClH/c1-3-18(4-2)15(21)12-17-8-5-6-13(11-17)19-9-7-16-10-14(19)20;/h13,16H,3-12H2,1-2H3;1H. The van der Waals surface area contributed by atoms with E-state index >= 15 is 0 Å². The second kappa shape index (κ2) is 9.33. The van der Waals surface area contributed by atoms with Gasteiger partial charge in [-0.15, -0.1) is 12.4 Å². The van der Waals surface area contributed by atoms with Crippen LogP contribution in [0.1, 0.15) is 26.7 Å². The molecule has 0 aromatic rings. The van der Waals surface area contributed by atoms with Crippen LogP contribution < -0.4 is 5.32 Å². The number of likely N-dealkylation sites (tertiary alicyclic amines) is 1. The van der Waals surface area contributed by atoms with Gasteiger partial charge in [-0.1, -0.05) is 0 Å². The van der Waals surface area contributed by atoms with Gasteiger partial charge in [0, 0.05) is 38.8 Å². The van der Waals surface area contributed by atoms with Crippen molar-refractivity contribution in [2.24, 2.45) is 0 Å². The molecule has 7 heteroatoms. The number of hydrogen-bond acceptors (Lipinski definition) is 4. The summed E-state index contributed by atoms with van der Waals surface area (Å²) in [5.41, 5.74) is 0. The van der Waals surface area contributed by atoms with E-state index in [1.807, 2.05) is 23.6 Å². The molecule has 0 aliphatic carbocycles. The maximum atomic E-state index is 12.2. The summed E-state index contributed by atoms with van der Waals surface area (Å²) in [6, 6.07) is 0.276. The maximum Gasteiger partial charge on any atom is 0.236 e. The Labute approximate surface area is 139 Å². The van der Waals surface area contributed by atoms with Gasteiger partial charge in [-0.2, -0.15) is 0 Å². The highest BCUT2D eigenvalue weighted by molar-refractivity contribution is 5.85. The fraction of sp³-hybridized carbons (Fsp3) is 0.867. The van der Waals surface area contributed by atoms with Gasteiger partial charge in [0.05, 0.1) is 13.1 Å². The Morgan fingerprint density at radius 1 is 1.32 bits per heavy atom. The molecule has 2 heterocycles. The molecule has 2 aliphatic rings. The Morgan fingerprint density at radius 3 is 2.68 bits per heavy atom. The zero-order valence-electron chi connectivity index (χ0n) is 13.7. The first-order valence-corrected chi connectivity index (χ1v) is 8.16. The Hall–Kier alpha value is -0.850. The first kappa shape index (κ1) is 19.2. The molecule has 0 saturated carbocycles. The van der Waals surface area contributed by atoms with Crippen molar-refractivity contribution in [3.05, 3.63) is 0 Å². The summed E-state index contributed by atoms with van der Waals surface area (Å²) in [7, 11) is 0. The quantitative estimate of drug-likeness (QED) is 0.780. The number of hydrogen-bond donors (Lipinski definition) is 1. The highest BCUT2D eigenvalue weighted by atomic mass is 35.5. The topological polar surface area (TPSA) is 55.9 Å². The molecule has 2 fully saturated rings. The van der Waals surface area contributed by atoms with Crippen LogP contribution in [0.15, 0.2) is 0 Å². The summed E-state index contributed by atoms with van der Waals surface area (Å²) in [6.45, 7) is 9.96. The van der Waals surface area contributed by atoms with E-state index in [0.29, 0.717) is 13.1 Å².